The van der Waals surface area contributed by atoms with E-state index in [1.807, 2.05) is 18.2 Å². The standard InChI is InChI=1S/C21H26ClNO/c22-20-9-5-4-8-19(20)16-21(17-24)11-14-23(15-12-21)13-10-18-6-2-1-3-7-18/h1-9,24H,10-17H2. The minimum atomic E-state index is -0.0196. The van der Waals surface area contributed by atoms with Crippen LogP contribution in [0.2, 0.25) is 5.02 Å². The molecule has 0 saturated carbocycles. The number of piperidine rings is 1. The number of benzene rings is 2. The molecule has 3 heteroatoms. The van der Waals surface area contributed by atoms with Crippen LogP contribution in [0.1, 0.15) is 24.0 Å². The highest BCUT2D eigenvalue weighted by atomic mass is 35.5. The average Bonchev–Trinajstić information content (AvgIpc) is 2.64. The van der Waals surface area contributed by atoms with Gasteiger partial charge in [0.2, 0.25) is 0 Å². The number of hydrogen-bond donors (Lipinski definition) is 1. The Balaban J connectivity index is 1.55. The van der Waals surface area contributed by atoms with E-state index < -0.39 is 0 Å². The maximum atomic E-state index is 10.0. The van der Waals surface area contributed by atoms with Gasteiger partial charge in [-0.25, -0.2) is 0 Å². The van der Waals surface area contributed by atoms with E-state index >= 15 is 0 Å². The summed E-state index contributed by atoms with van der Waals surface area (Å²) in [6.45, 7) is 3.44. The molecule has 0 unspecified atom stereocenters. The van der Waals surface area contributed by atoms with Gasteiger partial charge in [0.05, 0.1) is 0 Å². The zero-order chi connectivity index (χ0) is 16.8. The number of nitrogens with zero attached hydrogens (tertiary/aromatic N) is 1. The quantitative estimate of drug-likeness (QED) is 0.849. The van der Waals surface area contributed by atoms with Gasteiger partial charge < -0.3 is 10.0 Å². The van der Waals surface area contributed by atoms with Gasteiger partial charge in [0.25, 0.3) is 0 Å². The molecule has 2 nitrogen and oxygen atoms in total. The molecule has 1 aliphatic heterocycles. The molecule has 1 aliphatic rings. The largest absolute Gasteiger partial charge is 0.396 e. The highest BCUT2D eigenvalue weighted by Crippen LogP contribution is 2.36. The fourth-order valence-electron chi connectivity index (χ4n) is 3.62. The zero-order valence-electron chi connectivity index (χ0n) is 14.1. The van der Waals surface area contributed by atoms with E-state index in [1.54, 1.807) is 0 Å². The number of hydrogen-bond acceptors (Lipinski definition) is 2. The third-order valence-corrected chi connectivity index (χ3v) is 5.70. The molecule has 24 heavy (non-hydrogen) atoms. The number of aliphatic hydroxyl groups excluding tert-OH is 1. The number of likely N-dealkylation sites (tertiary alicyclic amines) is 1. The van der Waals surface area contributed by atoms with Gasteiger partial charge in [0.15, 0.2) is 0 Å². The van der Waals surface area contributed by atoms with E-state index in [4.69, 9.17) is 11.6 Å². The first-order chi connectivity index (χ1) is 11.7. The first-order valence-corrected chi connectivity index (χ1v) is 9.19. The minimum Gasteiger partial charge on any atom is -0.396 e. The van der Waals surface area contributed by atoms with Crippen molar-refractivity contribution < 1.29 is 5.11 Å². The maximum Gasteiger partial charge on any atom is 0.0491 e. The van der Waals surface area contributed by atoms with Crippen LogP contribution in [0.15, 0.2) is 54.6 Å². The predicted molar refractivity (Wildman–Crippen MR) is 100 cm³/mol. The molecule has 1 N–H and O–H groups in total. The second kappa shape index (κ2) is 8.15. The van der Waals surface area contributed by atoms with Crippen LogP contribution in [0.25, 0.3) is 0 Å². The van der Waals surface area contributed by atoms with E-state index in [0.29, 0.717) is 0 Å². The highest BCUT2D eigenvalue weighted by Gasteiger charge is 2.34. The molecule has 0 aliphatic carbocycles. The average molecular weight is 344 g/mol. The molecule has 1 fully saturated rings. The Bertz CT molecular complexity index is 635. The lowest BCUT2D eigenvalue weighted by molar-refractivity contribution is 0.0446. The normalized spacial score (nSPS) is 17.8. The van der Waals surface area contributed by atoms with Crippen LogP contribution < -0.4 is 0 Å². The Morgan fingerprint density at radius 1 is 0.958 bits per heavy atom. The van der Waals surface area contributed by atoms with Crippen LogP contribution in [0.3, 0.4) is 0 Å². The Morgan fingerprint density at radius 2 is 1.62 bits per heavy atom. The first-order valence-electron chi connectivity index (χ1n) is 8.81. The molecule has 1 heterocycles. The lowest BCUT2D eigenvalue weighted by atomic mass is 9.74. The van der Waals surface area contributed by atoms with Crippen LogP contribution in [-0.2, 0) is 12.8 Å². The molecular formula is C21H26ClNO. The summed E-state index contributed by atoms with van der Waals surface area (Å²) in [5.74, 6) is 0. The van der Waals surface area contributed by atoms with Crippen molar-refractivity contribution >= 4 is 11.6 Å². The van der Waals surface area contributed by atoms with Crippen molar-refractivity contribution in [2.75, 3.05) is 26.2 Å². The summed E-state index contributed by atoms with van der Waals surface area (Å²) in [5.41, 5.74) is 2.53. The van der Waals surface area contributed by atoms with Gasteiger partial charge in [0, 0.05) is 18.2 Å². The van der Waals surface area contributed by atoms with Crippen molar-refractivity contribution in [2.45, 2.75) is 25.7 Å². The third kappa shape index (κ3) is 4.38. The molecular weight excluding hydrogens is 318 g/mol. The molecule has 128 valence electrons. The van der Waals surface area contributed by atoms with E-state index in [2.05, 4.69) is 41.3 Å². The lowest BCUT2D eigenvalue weighted by Crippen LogP contribution is -2.43. The van der Waals surface area contributed by atoms with Crippen LogP contribution in [0.5, 0.6) is 0 Å². The summed E-state index contributed by atoms with van der Waals surface area (Å²) in [6.07, 6.45) is 4.03. The van der Waals surface area contributed by atoms with E-state index in [0.717, 1.165) is 55.9 Å². The Kier molecular flexibility index (Phi) is 5.94. The maximum absolute atomic E-state index is 10.0. The van der Waals surface area contributed by atoms with Crippen LogP contribution in [0, 0.1) is 5.41 Å². The molecule has 3 rings (SSSR count). The molecule has 0 atom stereocenters. The van der Waals surface area contributed by atoms with Crippen molar-refractivity contribution in [2.24, 2.45) is 5.41 Å². The number of halogens is 1. The second-order valence-electron chi connectivity index (χ2n) is 7.00. The molecule has 0 aromatic heterocycles. The summed E-state index contributed by atoms with van der Waals surface area (Å²) in [6, 6.07) is 18.7. The summed E-state index contributed by atoms with van der Waals surface area (Å²) in [4.78, 5) is 2.52. The van der Waals surface area contributed by atoms with E-state index in [1.165, 1.54) is 5.56 Å². The fourth-order valence-corrected chi connectivity index (χ4v) is 3.82. The fraction of sp³-hybridized carbons (Fsp3) is 0.429. The Morgan fingerprint density at radius 3 is 2.29 bits per heavy atom. The molecule has 1 saturated heterocycles. The van der Waals surface area contributed by atoms with Crippen LogP contribution >= 0.6 is 11.6 Å². The van der Waals surface area contributed by atoms with Crippen molar-refractivity contribution in [3.8, 4) is 0 Å². The third-order valence-electron chi connectivity index (χ3n) is 5.33. The predicted octanol–water partition coefficient (Wildman–Crippen LogP) is 4.20. The molecule has 2 aromatic carbocycles. The summed E-state index contributed by atoms with van der Waals surface area (Å²) in [5, 5.41) is 10.8. The number of aliphatic hydroxyl groups is 1. The van der Waals surface area contributed by atoms with Gasteiger partial charge in [-0.1, -0.05) is 60.1 Å². The van der Waals surface area contributed by atoms with Gasteiger partial charge in [-0.15, -0.1) is 0 Å². The lowest BCUT2D eigenvalue weighted by Gasteiger charge is -2.41. The number of rotatable bonds is 6. The van der Waals surface area contributed by atoms with Gasteiger partial charge in [-0.3, -0.25) is 0 Å². The molecule has 2 aromatic rings. The highest BCUT2D eigenvalue weighted by molar-refractivity contribution is 6.31. The minimum absolute atomic E-state index is 0.0196. The smallest absolute Gasteiger partial charge is 0.0491 e. The van der Waals surface area contributed by atoms with Crippen LogP contribution in [-0.4, -0.2) is 36.2 Å². The topological polar surface area (TPSA) is 23.5 Å². The van der Waals surface area contributed by atoms with Crippen molar-refractivity contribution in [3.05, 3.63) is 70.7 Å². The van der Waals surface area contributed by atoms with Gasteiger partial charge in [0.1, 0.15) is 0 Å². The van der Waals surface area contributed by atoms with E-state index in [-0.39, 0.29) is 12.0 Å². The molecule has 0 spiro atoms. The Hall–Kier alpha value is -1.35. The van der Waals surface area contributed by atoms with Gasteiger partial charge in [-0.05, 0) is 61.4 Å². The molecule has 0 radical (unpaired) electrons. The van der Waals surface area contributed by atoms with Crippen molar-refractivity contribution in [1.29, 1.82) is 0 Å². The van der Waals surface area contributed by atoms with Gasteiger partial charge >= 0.3 is 0 Å². The summed E-state index contributed by atoms with van der Waals surface area (Å²) in [7, 11) is 0. The molecule has 0 amide bonds. The SMILES string of the molecule is OCC1(Cc2ccccc2Cl)CCN(CCc2ccccc2)CC1. The molecule has 0 bridgehead atoms. The monoisotopic (exact) mass is 343 g/mol. The first kappa shape index (κ1) is 17.5. The van der Waals surface area contributed by atoms with Crippen LogP contribution in [0.4, 0.5) is 0 Å². The second-order valence-corrected chi connectivity index (χ2v) is 7.41. The summed E-state index contributed by atoms with van der Waals surface area (Å²) >= 11 is 6.32. The van der Waals surface area contributed by atoms with Crippen molar-refractivity contribution in [3.63, 3.8) is 0 Å². The van der Waals surface area contributed by atoms with E-state index in [9.17, 15) is 5.11 Å². The summed E-state index contributed by atoms with van der Waals surface area (Å²) < 4.78 is 0. The van der Waals surface area contributed by atoms with Gasteiger partial charge in [-0.2, -0.15) is 0 Å². The Labute approximate surface area is 150 Å². The zero-order valence-corrected chi connectivity index (χ0v) is 14.9. The van der Waals surface area contributed by atoms with Crippen molar-refractivity contribution in [1.82, 2.24) is 4.90 Å².